The zero-order chi connectivity index (χ0) is 18.5. The van der Waals surface area contributed by atoms with E-state index in [4.69, 9.17) is 4.52 Å². The molecule has 0 aliphatic carbocycles. The first-order valence-electron chi connectivity index (χ1n) is 9.68. The molecule has 1 aromatic heterocycles. The molecule has 1 aliphatic rings. The Bertz CT molecular complexity index is 724. The second-order valence-electron chi connectivity index (χ2n) is 7.01. The molecule has 26 heavy (non-hydrogen) atoms. The predicted molar refractivity (Wildman–Crippen MR) is 102 cm³/mol. The van der Waals surface area contributed by atoms with Crippen LogP contribution in [0.25, 0.3) is 0 Å². The van der Waals surface area contributed by atoms with Crippen LogP contribution in [0.5, 0.6) is 0 Å². The number of piperidine rings is 1. The topological polar surface area (TPSA) is 58.4 Å². The summed E-state index contributed by atoms with van der Waals surface area (Å²) in [7, 11) is 0. The zero-order valence-electron chi connectivity index (χ0n) is 16.0. The Balaban J connectivity index is 1.54. The molecule has 2 aromatic rings. The number of urea groups is 1. The van der Waals surface area contributed by atoms with Gasteiger partial charge in [-0.2, -0.15) is 0 Å². The Morgan fingerprint density at radius 1 is 1.23 bits per heavy atom. The molecule has 1 fully saturated rings. The summed E-state index contributed by atoms with van der Waals surface area (Å²) < 4.78 is 5.37. The maximum absolute atomic E-state index is 12.6. The summed E-state index contributed by atoms with van der Waals surface area (Å²) in [4.78, 5) is 14.5. The first-order valence-corrected chi connectivity index (χ1v) is 9.68. The van der Waals surface area contributed by atoms with Crippen LogP contribution in [-0.2, 0) is 19.4 Å². The minimum Gasteiger partial charge on any atom is -0.361 e. The van der Waals surface area contributed by atoms with Crippen molar-refractivity contribution in [2.24, 2.45) is 0 Å². The molecule has 140 valence electrons. The fourth-order valence-electron chi connectivity index (χ4n) is 3.85. The average Bonchev–Trinajstić information content (AvgIpc) is 3.08. The first kappa shape index (κ1) is 18.5. The largest absolute Gasteiger partial charge is 0.361 e. The number of aryl methyl sites for hydroxylation is 3. The Hall–Kier alpha value is -2.30. The molecular formula is C21H29N3O2. The molecule has 2 amide bonds. The molecule has 1 N–H and O–H groups in total. The number of nitrogens with one attached hydrogen (secondary N) is 1. The molecule has 2 heterocycles. The number of nitrogens with zero attached hydrogens (tertiary/aromatic N) is 2. The smallest absolute Gasteiger partial charge is 0.317 e. The fourth-order valence-corrected chi connectivity index (χ4v) is 3.85. The highest BCUT2D eigenvalue weighted by Gasteiger charge is 2.25. The van der Waals surface area contributed by atoms with E-state index in [1.54, 1.807) is 0 Å². The molecule has 5 nitrogen and oxygen atoms in total. The van der Waals surface area contributed by atoms with E-state index >= 15 is 0 Å². The van der Waals surface area contributed by atoms with E-state index in [1.165, 1.54) is 11.1 Å². The van der Waals surface area contributed by atoms with Gasteiger partial charge in [0, 0.05) is 31.6 Å². The lowest BCUT2D eigenvalue weighted by Crippen LogP contribution is -2.44. The molecule has 5 heteroatoms. The van der Waals surface area contributed by atoms with Gasteiger partial charge in [0.15, 0.2) is 0 Å². The summed E-state index contributed by atoms with van der Waals surface area (Å²) >= 11 is 0. The molecule has 1 aromatic carbocycles. The third-order valence-electron chi connectivity index (χ3n) is 5.43. The summed E-state index contributed by atoms with van der Waals surface area (Å²) in [6.07, 6.45) is 3.65. The van der Waals surface area contributed by atoms with Gasteiger partial charge in [-0.15, -0.1) is 0 Å². The van der Waals surface area contributed by atoms with Crippen LogP contribution in [-0.4, -0.2) is 29.2 Å². The number of carbonyl (C=O) groups is 1. The third-order valence-corrected chi connectivity index (χ3v) is 5.43. The molecule has 0 atom stereocenters. The third kappa shape index (κ3) is 3.92. The lowest BCUT2D eigenvalue weighted by molar-refractivity contribution is 0.181. The second-order valence-corrected chi connectivity index (χ2v) is 7.01. The maximum atomic E-state index is 12.6. The number of likely N-dealkylation sites (tertiary alicyclic amines) is 1. The highest BCUT2D eigenvalue weighted by Crippen LogP contribution is 2.30. The van der Waals surface area contributed by atoms with Gasteiger partial charge in [-0.05, 0) is 43.2 Å². The van der Waals surface area contributed by atoms with Crippen molar-refractivity contribution in [2.75, 3.05) is 13.1 Å². The van der Waals surface area contributed by atoms with E-state index in [9.17, 15) is 4.79 Å². The van der Waals surface area contributed by atoms with Gasteiger partial charge in [-0.3, -0.25) is 0 Å². The lowest BCUT2D eigenvalue weighted by Gasteiger charge is -2.32. The summed E-state index contributed by atoms with van der Waals surface area (Å²) in [6.45, 7) is 8.36. The second kappa shape index (κ2) is 8.39. The number of hydrogen-bond donors (Lipinski definition) is 1. The normalized spacial score (nSPS) is 15.3. The van der Waals surface area contributed by atoms with E-state index in [0.717, 1.165) is 55.8 Å². The van der Waals surface area contributed by atoms with Gasteiger partial charge in [0.25, 0.3) is 0 Å². The predicted octanol–water partition coefficient (Wildman–Crippen LogP) is 4.20. The van der Waals surface area contributed by atoms with Crippen LogP contribution in [0.15, 0.2) is 28.8 Å². The first-order chi connectivity index (χ1) is 12.6. The van der Waals surface area contributed by atoms with Gasteiger partial charge in [0.2, 0.25) is 0 Å². The Morgan fingerprint density at radius 2 is 1.96 bits per heavy atom. The fraction of sp³-hybridized carbons (Fsp3) is 0.524. The van der Waals surface area contributed by atoms with Gasteiger partial charge in [-0.25, -0.2) is 4.79 Å². The summed E-state index contributed by atoms with van der Waals surface area (Å²) in [5.74, 6) is 1.43. The van der Waals surface area contributed by atoms with E-state index in [0.29, 0.717) is 12.5 Å². The molecule has 0 unspecified atom stereocenters. The SMILES string of the molecule is CCc1noc(CC)c1CNC(=O)N1CCC(c2ccccc2C)CC1. The summed E-state index contributed by atoms with van der Waals surface area (Å²) in [6, 6.07) is 8.60. The quantitative estimate of drug-likeness (QED) is 0.874. The number of benzene rings is 1. The van der Waals surface area contributed by atoms with Crippen molar-refractivity contribution < 1.29 is 9.32 Å². The van der Waals surface area contributed by atoms with Crippen molar-refractivity contribution in [3.8, 4) is 0 Å². The van der Waals surface area contributed by atoms with Crippen molar-refractivity contribution in [2.45, 2.75) is 58.9 Å². The molecule has 1 aliphatic heterocycles. The highest BCUT2D eigenvalue weighted by atomic mass is 16.5. The minimum atomic E-state index is 0.0125. The minimum absolute atomic E-state index is 0.0125. The van der Waals surface area contributed by atoms with Crippen LogP contribution in [0.1, 0.15) is 60.8 Å². The van der Waals surface area contributed by atoms with Crippen molar-refractivity contribution >= 4 is 6.03 Å². The lowest BCUT2D eigenvalue weighted by atomic mass is 9.87. The highest BCUT2D eigenvalue weighted by molar-refractivity contribution is 5.74. The number of hydrogen-bond acceptors (Lipinski definition) is 3. The van der Waals surface area contributed by atoms with Crippen LogP contribution >= 0.6 is 0 Å². The van der Waals surface area contributed by atoms with Gasteiger partial charge in [-0.1, -0.05) is 43.3 Å². The van der Waals surface area contributed by atoms with Gasteiger partial charge >= 0.3 is 6.03 Å². The van der Waals surface area contributed by atoms with Crippen LogP contribution in [0, 0.1) is 6.92 Å². The van der Waals surface area contributed by atoms with Gasteiger partial charge in [0.05, 0.1) is 5.69 Å². The summed E-state index contributed by atoms with van der Waals surface area (Å²) in [5, 5.41) is 7.16. The molecular weight excluding hydrogens is 326 g/mol. The van der Waals surface area contributed by atoms with Crippen LogP contribution in [0.4, 0.5) is 4.79 Å². The maximum Gasteiger partial charge on any atom is 0.317 e. The zero-order valence-corrected chi connectivity index (χ0v) is 16.0. The molecule has 1 saturated heterocycles. The summed E-state index contributed by atoms with van der Waals surface area (Å²) in [5.41, 5.74) is 4.76. The van der Waals surface area contributed by atoms with Crippen molar-refractivity contribution in [3.63, 3.8) is 0 Å². The molecule has 0 saturated carbocycles. The Morgan fingerprint density at radius 3 is 2.62 bits per heavy atom. The van der Waals surface area contributed by atoms with Gasteiger partial charge in [0.1, 0.15) is 5.76 Å². The monoisotopic (exact) mass is 355 g/mol. The number of aromatic nitrogens is 1. The Kier molecular flexibility index (Phi) is 5.96. The van der Waals surface area contributed by atoms with Crippen LogP contribution in [0.2, 0.25) is 0 Å². The standard InChI is InChI=1S/C21H29N3O2/c1-4-19-18(20(5-2)26-23-19)14-22-21(25)24-12-10-16(11-13-24)17-9-7-6-8-15(17)3/h6-9,16H,4-5,10-14H2,1-3H3,(H,22,25). The number of amides is 2. The average molecular weight is 355 g/mol. The van der Waals surface area contributed by atoms with Crippen molar-refractivity contribution in [1.29, 1.82) is 0 Å². The van der Waals surface area contributed by atoms with Crippen molar-refractivity contribution in [3.05, 3.63) is 52.4 Å². The van der Waals surface area contributed by atoms with E-state index < -0.39 is 0 Å². The molecule has 0 radical (unpaired) electrons. The Labute approximate surface area is 155 Å². The van der Waals surface area contributed by atoms with Crippen LogP contribution in [0.3, 0.4) is 0 Å². The molecule has 3 rings (SSSR count). The molecule has 0 bridgehead atoms. The molecule has 0 spiro atoms. The van der Waals surface area contributed by atoms with Crippen molar-refractivity contribution in [1.82, 2.24) is 15.4 Å². The van der Waals surface area contributed by atoms with E-state index in [2.05, 4.69) is 48.6 Å². The van der Waals surface area contributed by atoms with E-state index in [1.807, 2.05) is 11.8 Å². The number of carbonyl (C=O) groups excluding carboxylic acids is 1. The van der Waals surface area contributed by atoms with Crippen LogP contribution < -0.4 is 5.32 Å². The number of rotatable bonds is 5. The van der Waals surface area contributed by atoms with Gasteiger partial charge < -0.3 is 14.7 Å². The van der Waals surface area contributed by atoms with E-state index in [-0.39, 0.29) is 6.03 Å².